The molecule has 4 nitrogen and oxygen atoms in total. The minimum absolute atomic E-state index is 0.232. The lowest BCUT2D eigenvalue weighted by Gasteiger charge is -2.08. The number of nitrogens with zero attached hydrogens (tertiary/aromatic N) is 2. The van der Waals surface area contributed by atoms with E-state index in [4.69, 9.17) is 0 Å². The van der Waals surface area contributed by atoms with E-state index < -0.39 is 11.9 Å². The zero-order valence-electron chi connectivity index (χ0n) is 13.2. The SMILES string of the molecule is CCNC(=O)c1ccc(-n2nc(C(F)(F)F)cc2-c2cccs2)cc1. The Morgan fingerprint density at radius 2 is 1.96 bits per heavy atom. The van der Waals surface area contributed by atoms with Crippen LogP contribution in [0, 0.1) is 0 Å². The molecule has 1 aromatic carbocycles. The number of carbonyl (C=O) groups is 1. The molecule has 0 aliphatic rings. The van der Waals surface area contributed by atoms with Gasteiger partial charge in [-0.15, -0.1) is 11.3 Å². The van der Waals surface area contributed by atoms with Crippen LogP contribution >= 0.6 is 11.3 Å². The van der Waals surface area contributed by atoms with E-state index in [2.05, 4.69) is 10.4 Å². The van der Waals surface area contributed by atoms with Crippen molar-refractivity contribution in [2.75, 3.05) is 6.54 Å². The molecular weight excluding hydrogens is 351 g/mol. The first kappa shape index (κ1) is 17.2. The summed E-state index contributed by atoms with van der Waals surface area (Å²) in [5.41, 5.74) is 0.287. The summed E-state index contributed by atoms with van der Waals surface area (Å²) in [5, 5.41) is 8.18. The summed E-state index contributed by atoms with van der Waals surface area (Å²) < 4.78 is 40.5. The van der Waals surface area contributed by atoms with E-state index in [1.54, 1.807) is 41.8 Å². The van der Waals surface area contributed by atoms with Crippen LogP contribution in [-0.2, 0) is 6.18 Å². The Hall–Kier alpha value is -2.61. The van der Waals surface area contributed by atoms with Crippen molar-refractivity contribution in [1.29, 1.82) is 0 Å². The zero-order valence-corrected chi connectivity index (χ0v) is 14.0. The number of halogens is 3. The lowest BCUT2D eigenvalue weighted by atomic mass is 10.2. The van der Waals surface area contributed by atoms with Crippen LogP contribution < -0.4 is 5.32 Å². The van der Waals surface area contributed by atoms with Crippen LogP contribution in [0.5, 0.6) is 0 Å². The van der Waals surface area contributed by atoms with Gasteiger partial charge in [0.2, 0.25) is 0 Å². The van der Waals surface area contributed by atoms with Crippen LogP contribution in [0.3, 0.4) is 0 Å². The molecule has 3 aromatic rings. The number of benzene rings is 1. The molecule has 0 saturated carbocycles. The van der Waals surface area contributed by atoms with Crippen LogP contribution in [0.4, 0.5) is 13.2 Å². The van der Waals surface area contributed by atoms with E-state index in [0.29, 0.717) is 28.4 Å². The van der Waals surface area contributed by atoms with Crippen LogP contribution in [-0.4, -0.2) is 22.2 Å². The van der Waals surface area contributed by atoms with Crippen molar-refractivity contribution < 1.29 is 18.0 Å². The molecule has 2 heterocycles. The van der Waals surface area contributed by atoms with Gasteiger partial charge in [0.1, 0.15) is 0 Å². The van der Waals surface area contributed by atoms with Crippen molar-refractivity contribution in [1.82, 2.24) is 15.1 Å². The second-order valence-electron chi connectivity index (χ2n) is 5.21. The molecule has 8 heteroatoms. The van der Waals surface area contributed by atoms with Crippen molar-refractivity contribution in [3.05, 3.63) is 59.1 Å². The molecule has 0 bridgehead atoms. The molecule has 0 fully saturated rings. The smallest absolute Gasteiger partial charge is 0.352 e. The third kappa shape index (κ3) is 3.58. The number of rotatable bonds is 4. The minimum Gasteiger partial charge on any atom is -0.352 e. The Morgan fingerprint density at radius 1 is 1.24 bits per heavy atom. The van der Waals surface area contributed by atoms with Crippen molar-refractivity contribution in [2.45, 2.75) is 13.1 Å². The highest BCUT2D eigenvalue weighted by Crippen LogP contribution is 2.34. The van der Waals surface area contributed by atoms with Crippen molar-refractivity contribution >= 4 is 17.2 Å². The number of hydrogen-bond donors (Lipinski definition) is 1. The number of hydrogen-bond acceptors (Lipinski definition) is 3. The van der Waals surface area contributed by atoms with Crippen LogP contribution in [0.15, 0.2) is 47.8 Å². The molecule has 0 aliphatic heterocycles. The van der Waals surface area contributed by atoms with E-state index in [0.717, 1.165) is 6.07 Å². The molecule has 1 N–H and O–H groups in total. The van der Waals surface area contributed by atoms with E-state index in [1.165, 1.54) is 16.0 Å². The Bertz CT molecular complexity index is 868. The Morgan fingerprint density at radius 3 is 2.52 bits per heavy atom. The van der Waals surface area contributed by atoms with Crippen LogP contribution in [0.1, 0.15) is 23.0 Å². The van der Waals surface area contributed by atoms with E-state index in [9.17, 15) is 18.0 Å². The van der Waals surface area contributed by atoms with Gasteiger partial charge in [0, 0.05) is 12.1 Å². The van der Waals surface area contributed by atoms with Gasteiger partial charge in [-0.2, -0.15) is 18.3 Å². The number of alkyl halides is 3. The first-order valence-corrected chi connectivity index (χ1v) is 8.38. The highest BCUT2D eigenvalue weighted by molar-refractivity contribution is 7.13. The fourth-order valence-corrected chi connectivity index (χ4v) is 3.06. The predicted octanol–water partition coefficient (Wildman–Crippen LogP) is 4.37. The molecule has 0 radical (unpaired) electrons. The highest BCUT2D eigenvalue weighted by atomic mass is 32.1. The van der Waals surface area contributed by atoms with Crippen LogP contribution in [0.2, 0.25) is 0 Å². The first-order chi connectivity index (χ1) is 11.9. The fourth-order valence-electron chi connectivity index (χ4n) is 2.33. The lowest BCUT2D eigenvalue weighted by Crippen LogP contribution is -2.22. The lowest BCUT2D eigenvalue weighted by molar-refractivity contribution is -0.141. The van der Waals surface area contributed by atoms with Gasteiger partial charge in [0.15, 0.2) is 5.69 Å². The van der Waals surface area contributed by atoms with Gasteiger partial charge in [-0.05, 0) is 48.7 Å². The molecule has 0 unspecified atom stereocenters. The summed E-state index contributed by atoms with van der Waals surface area (Å²) in [6.45, 7) is 2.30. The van der Waals surface area contributed by atoms with Gasteiger partial charge in [-0.1, -0.05) is 6.07 Å². The molecule has 2 aromatic heterocycles. The van der Waals surface area contributed by atoms with Gasteiger partial charge in [0.05, 0.1) is 16.3 Å². The Kier molecular flexibility index (Phi) is 4.63. The van der Waals surface area contributed by atoms with E-state index >= 15 is 0 Å². The average molecular weight is 365 g/mol. The maximum atomic E-state index is 13.1. The summed E-state index contributed by atoms with van der Waals surface area (Å²) >= 11 is 1.33. The number of amides is 1. The third-order valence-corrected chi connectivity index (χ3v) is 4.38. The average Bonchev–Trinajstić information content (AvgIpc) is 3.24. The van der Waals surface area contributed by atoms with Gasteiger partial charge in [-0.25, -0.2) is 4.68 Å². The van der Waals surface area contributed by atoms with E-state index in [-0.39, 0.29) is 5.91 Å². The fraction of sp³-hybridized carbons (Fsp3) is 0.176. The maximum absolute atomic E-state index is 13.1. The quantitative estimate of drug-likeness (QED) is 0.746. The number of carbonyl (C=O) groups excluding carboxylic acids is 1. The van der Waals surface area contributed by atoms with Gasteiger partial charge in [-0.3, -0.25) is 4.79 Å². The standard InChI is InChI=1S/C17H14F3N3OS/c1-2-21-16(24)11-5-7-12(8-6-11)23-13(14-4-3-9-25-14)10-15(22-23)17(18,19)20/h3-10H,2H2,1H3,(H,21,24). The zero-order chi connectivity index (χ0) is 18.0. The summed E-state index contributed by atoms with van der Waals surface area (Å²) in [6, 6.07) is 10.8. The van der Waals surface area contributed by atoms with Gasteiger partial charge < -0.3 is 5.32 Å². The molecule has 0 saturated heterocycles. The second-order valence-corrected chi connectivity index (χ2v) is 6.16. The third-order valence-electron chi connectivity index (χ3n) is 3.48. The largest absolute Gasteiger partial charge is 0.435 e. The summed E-state index contributed by atoms with van der Waals surface area (Å²) in [5.74, 6) is -0.232. The Labute approximate surface area is 145 Å². The predicted molar refractivity (Wildman–Crippen MR) is 89.9 cm³/mol. The minimum atomic E-state index is -4.53. The molecule has 25 heavy (non-hydrogen) atoms. The van der Waals surface area contributed by atoms with Gasteiger partial charge >= 0.3 is 6.18 Å². The summed E-state index contributed by atoms with van der Waals surface area (Å²) in [6.07, 6.45) is -4.53. The highest BCUT2D eigenvalue weighted by Gasteiger charge is 2.35. The first-order valence-electron chi connectivity index (χ1n) is 7.50. The molecular formula is C17H14F3N3OS. The number of thiophene rings is 1. The number of aromatic nitrogens is 2. The molecule has 1 amide bonds. The second kappa shape index (κ2) is 6.72. The molecule has 3 rings (SSSR count). The number of nitrogens with one attached hydrogen (secondary N) is 1. The van der Waals surface area contributed by atoms with Crippen molar-refractivity contribution in [2.24, 2.45) is 0 Å². The van der Waals surface area contributed by atoms with Gasteiger partial charge in [0.25, 0.3) is 5.91 Å². The van der Waals surface area contributed by atoms with Crippen molar-refractivity contribution in [3.63, 3.8) is 0 Å². The summed E-state index contributed by atoms with van der Waals surface area (Å²) in [4.78, 5) is 12.5. The summed E-state index contributed by atoms with van der Waals surface area (Å²) in [7, 11) is 0. The Balaban J connectivity index is 2.04. The molecule has 0 aliphatic carbocycles. The van der Waals surface area contributed by atoms with Crippen molar-refractivity contribution in [3.8, 4) is 16.3 Å². The maximum Gasteiger partial charge on any atom is 0.435 e. The molecule has 0 spiro atoms. The normalized spacial score (nSPS) is 11.5. The molecule has 130 valence electrons. The monoisotopic (exact) mass is 365 g/mol. The van der Waals surface area contributed by atoms with E-state index in [1.807, 2.05) is 6.92 Å². The molecule has 0 atom stereocenters. The topological polar surface area (TPSA) is 46.9 Å². The van der Waals surface area contributed by atoms with Crippen LogP contribution in [0.25, 0.3) is 16.3 Å².